The van der Waals surface area contributed by atoms with Gasteiger partial charge in [0.25, 0.3) is 0 Å². The molecule has 0 spiro atoms. The van der Waals surface area contributed by atoms with Crippen molar-refractivity contribution >= 4 is 68.1 Å². The molecule has 10 nitrogen and oxygen atoms in total. The van der Waals surface area contributed by atoms with Gasteiger partial charge in [-0.05, 0) is 84.8 Å². The first-order chi connectivity index (χ1) is 50.3. The summed E-state index contributed by atoms with van der Waals surface area (Å²) < 4.78 is 12.4. The summed E-state index contributed by atoms with van der Waals surface area (Å²) in [4.78, 5) is 28.8. The fourth-order valence-corrected chi connectivity index (χ4v) is 13.1. The summed E-state index contributed by atoms with van der Waals surface area (Å²) in [5.74, 6) is 2.98. The van der Waals surface area contributed by atoms with Gasteiger partial charge in [-0.3, -0.25) is 0 Å². The molecule has 12 heteroatoms. The maximum absolute atomic E-state index is 9.19. The molecule has 0 saturated heterocycles. The molecule has 0 saturated carbocycles. The van der Waals surface area contributed by atoms with Crippen LogP contribution in [0.2, 0.25) is 5.28 Å². The van der Waals surface area contributed by atoms with E-state index in [0.29, 0.717) is 34.6 Å². The van der Waals surface area contributed by atoms with Crippen molar-refractivity contribution in [2.24, 2.45) is 0 Å². The Morgan fingerprint density at radius 3 is 0.892 bits per heavy atom. The van der Waals surface area contributed by atoms with Gasteiger partial charge in [-0.15, -0.1) is 0 Å². The van der Waals surface area contributed by atoms with E-state index in [1.807, 2.05) is 146 Å². The lowest BCUT2D eigenvalue weighted by atomic mass is 9.80. The average molecular weight is 1340 g/mol. The van der Waals surface area contributed by atoms with E-state index in [-0.39, 0.29) is 5.28 Å². The molecule has 18 rings (SSSR count). The number of hydrogen-bond donors (Lipinski definition) is 2. The fraction of sp³-hybridized carbons (Fsp3) is 0. The molecule has 4 aromatic heterocycles. The highest BCUT2D eigenvalue weighted by molar-refractivity contribution is 6.58. The molecule has 0 aliphatic carbocycles. The first-order valence-corrected chi connectivity index (χ1v) is 33.8. The van der Waals surface area contributed by atoms with Crippen molar-refractivity contribution in [1.29, 1.82) is 0 Å². The topological polar surface area (TPSA) is 144 Å². The van der Waals surface area contributed by atoms with Gasteiger partial charge in [-0.1, -0.05) is 340 Å². The lowest BCUT2D eigenvalue weighted by Gasteiger charge is -2.12. The molecular formula is C90H60BClN6O4. The fourth-order valence-electron chi connectivity index (χ4n) is 12.9. The number of halogens is 1. The molecule has 2 N–H and O–H groups in total. The summed E-state index contributed by atoms with van der Waals surface area (Å²) in [6, 6.07) is 118. The number of aromatic nitrogens is 6. The largest absolute Gasteiger partial charge is 0.488 e. The molecule has 0 aliphatic rings. The van der Waals surface area contributed by atoms with Crippen LogP contribution in [0.1, 0.15) is 0 Å². The van der Waals surface area contributed by atoms with Gasteiger partial charge in [-0.2, -0.15) is 9.97 Å². The number of furan rings is 2. The van der Waals surface area contributed by atoms with Crippen LogP contribution >= 0.6 is 11.6 Å². The third kappa shape index (κ3) is 13.4. The molecule has 0 atom stereocenters. The molecule has 18 aromatic rings. The Labute approximate surface area is 594 Å². The van der Waals surface area contributed by atoms with Crippen molar-refractivity contribution in [3.63, 3.8) is 0 Å². The first kappa shape index (κ1) is 63.7. The number of hydrogen-bond acceptors (Lipinski definition) is 10. The summed E-state index contributed by atoms with van der Waals surface area (Å²) in [6.45, 7) is 0. The summed E-state index contributed by atoms with van der Waals surface area (Å²) in [5, 5.41) is 23.0. The second-order valence-corrected chi connectivity index (χ2v) is 24.7. The van der Waals surface area contributed by atoms with Crippen LogP contribution in [-0.4, -0.2) is 47.1 Å². The summed E-state index contributed by atoms with van der Waals surface area (Å²) in [5.41, 5.74) is 21.6. The number of nitrogens with zero attached hydrogens (tertiary/aromatic N) is 6. The minimum atomic E-state index is -1.45. The van der Waals surface area contributed by atoms with Crippen LogP contribution < -0.4 is 5.46 Å². The van der Waals surface area contributed by atoms with Crippen LogP contribution in [0.5, 0.6) is 0 Å². The van der Waals surface area contributed by atoms with E-state index in [2.05, 4.69) is 204 Å². The molecule has 4 heterocycles. The van der Waals surface area contributed by atoms with Crippen molar-refractivity contribution < 1.29 is 18.9 Å². The second kappa shape index (κ2) is 28.8. The molecule has 0 fully saturated rings. The molecular weight excluding hydrogens is 1280 g/mol. The minimum absolute atomic E-state index is 0.176. The lowest BCUT2D eigenvalue weighted by Crippen LogP contribution is -2.29. The normalized spacial score (nSPS) is 11.1. The highest BCUT2D eigenvalue weighted by Crippen LogP contribution is 2.40. The predicted molar refractivity (Wildman–Crippen MR) is 415 cm³/mol. The van der Waals surface area contributed by atoms with Crippen molar-refractivity contribution in [3.8, 4) is 124 Å². The molecule has 0 amide bonds. The van der Waals surface area contributed by atoms with Crippen LogP contribution in [0.15, 0.2) is 361 Å². The van der Waals surface area contributed by atoms with Crippen LogP contribution in [0, 0.1) is 0 Å². The summed E-state index contributed by atoms with van der Waals surface area (Å²) in [7, 11) is -1.45. The first-order valence-electron chi connectivity index (χ1n) is 33.5. The van der Waals surface area contributed by atoms with Crippen molar-refractivity contribution in [1.82, 2.24) is 29.9 Å². The van der Waals surface area contributed by atoms with Crippen molar-refractivity contribution in [2.75, 3.05) is 0 Å². The van der Waals surface area contributed by atoms with Crippen molar-refractivity contribution in [3.05, 3.63) is 357 Å². The summed E-state index contributed by atoms with van der Waals surface area (Å²) >= 11 is 6.31. The molecule has 0 aliphatic heterocycles. The van der Waals surface area contributed by atoms with E-state index in [0.717, 1.165) is 127 Å². The van der Waals surface area contributed by atoms with Gasteiger partial charge in [0.2, 0.25) is 5.28 Å². The van der Waals surface area contributed by atoms with Gasteiger partial charge in [-0.25, -0.2) is 19.9 Å². The highest BCUT2D eigenvalue weighted by atomic mass is 35.5. The van der Waals surface area contributed by atoms with Crippen LogP contribution in [-0.2, 0) is 0 Å². The Morgan fingerprint density at radius 2 is 0.480 bits per heavy atom. The zero-order valence-electron chi connectivity index (χ0n) is 54.8. The lowest BCUT2D eigenvalue weighted by molar-refractivity contribution is 0.426. The molecule has 0 radical (unpaired) electrons. The van der Waals surface area contributed by atoms with Crippen LogP contribution in [0.3, 0.4) is 0 Å². The minimum Gasteiger partial charge on any atom is -0.455 e. The number of benzene rings is 14. The van der Waals surface area contributed by atoms with E-state index >= 15 is 0 Å². The average Bonchev–Trinajstić information content (AvgIpc) is 1.67. The van der Waals surface area contributed by atoms with Gasteiger partial charge >= 0.3 is 7.12 Å². The number of para-hydroxylation sites is 4. The van der Waals surface area contributed by atoms with Crippen molar-refractivity contribution in [2.45, 2.75) is 0 Å². The zero-order chi connectivity index (χ0) is 68.7. The maximum atomic E-state index is 9.19. The van der Waals surface area contributed by atoms with E-state index in [9.17, 15) is 10.0 Å². The van der Waals surface area contributed by atoms with E-state index < -0.39 is 7.12 Å². The molecule has 14 aromatic carbocycles. The maximum Gasteiger partial charge on any atom is 0.488 e. The number of rotatable bonds is 12. The van der Waals surface area contributed by atoms with Gasteiger partial charge in [0.1, 0.15) is 22.3 Å². The van der Waals surface area contributed by atoms with E-state index in [1.165, 1.54) is 11.1 Å². The Kier molecular flexibility index (Phi) is 18.0. The predicted octanol–water partition coefficient (Wildman–Crippen LogP) is 21.9. The third-order valence-electron chi connectivity index (χ3n) is 18.0. The SMILES string of the molecule is Clc1nc(-c2ccc(-c3ccccc3)cc2)nc(-c2ccccc2-c2ccccc2)n1.OB(O)c1ccc(-c2cccc3c2oc2ccccc23)cc1.c1ccc(-c2ccc(-c3nc(-c4ccc(-c5cccc6c5oc5ccccc56)cc4)nc(-c4ccccc4-c4ccccc4)n3)cc2)cc1. The molecule has 0 unspecified atom stereocenters. The molecule has 102 heavy (non-hydrogen) atoms. The molecule has 484 valence electrons. The smallest absolute Gasteiger partial charge is 0.455 e. The second-order valence-electron chi connectivity index (χ2n) is 24.4. The zero-order valence-corrected chi connectivity index (χ0v) is 55.6. The quantitative estimate of drug-likeness (QED) is 0.113. The Bertz CT molecular complexity index is 5960. The van der Waals surface area contributed by atoms with Gasteiger partial charge in [0, 0.05) is 60.5 Å². The van der Waals surface area contributed by atoms with Gasteiger partial charge in [0.05, 0.1) is 0 Å². The third-order valence-corrected chi connectivity index (χ3v) is 18.2. The van der Waals surface area contributed by atoms with Crippen LogP contribution in [0.4, 0.5) is 0 Å². The summed E-state index contributed by atoms with van der Waals surface area (Å²) in [6.07, 6.45) is 0. The number of fused-ring (bicyclic) bond motifs is 6. The van der Waals surface area contributed by atoms with Crippen LogP contribution in [0.25, 0.3) is 168 Å². The Balaban J connectivity index is 0.000000129. The molecule has 0 bridgehead atoms. The standard InChI is InChI=1S/C45H29N3O.C27H18ClN3.C18H13BO3/c1-3-12-30(13-4-1)31-22-26-34(27-23-31)43-46-44(48-45(47-43)40-18-8-7-16-36(40)32-14-5-2-6-15-32)35-28-24-33(25-29-35)37-19-11-20-39-38-17-9-10-21-41(38)49-42(37)39;28-27-30-25(22-17-15-20(16-18-22)19-9-3-1-4-10-19)29-26(31-27)24-14-8-7-13-23(24)21-11-5-2-6-12-21;20-19(21)13-10-8-12(9-11-13)14-5-3-6-16-15-4-1-2-7-17(15)22-18(14)16/h1-29H;1-18H;1-11,20-21H. The van der Waals surface area contributed by atoms with Gasteiger partial charge < -0.3 is 18.9 Å². The highest BCUT2D eigenvalue weighted by Gasteiger charge is 2.20. The van der Waals surface area contributed by atoms with Gasteiger partial charge in [0.15, 0.2) is 29.1 Å². The Morgan fingerprint density at radius 1 is 0.216 bits per heavy atom. The monoisotopic (exact) mass is 1330 g/mol. The van der Waals surface area contributed by atoms with E-state index in [4.69, 9.17) is 40.4 Å². The Hall–Kier alpha value is -13.0. The van der Waals surface area contributed by atoms with E-state index in [1.54, 1.807) is 12.1 Å².